The molecule has 3 rings (SSSR count). The van der Waals surface area contributed by atoms with Crippen LogP contribution in [0.5, 0.6) is 5.75 Å². The number of anilines is 1. The van der Waals surface area contributed by atoms with Crippen LogP contribution in [-0.4, -0.2) is 53.8 Å². The van der Waals surface area contributed by atoms with Crippen molar-refractivity contribution in [2.45, 2.75) is 28.7 Å². The number of hydrogen-bond donors (Lipinski definition) is 2. The smallest absolute Gasteiger partial charge is 0.243 e. The van der Waals surface area contributed by atoms with E-state index >= 15 is 0 Å². The third-order valence-corrected chi connectivity index (χ3v) is 8.13. The van der Waals surface area contributed by atoms with Crippen LogP contribution >= 0.6 is 11.6 Å². The molecular weight excluding hydrogens is 466 g/mol. The third kappa shape index (κ3) is 5.74. The fourth-order valence-electron chi connectivity index (χ4n) is 2.70. The summed E-state index contributed by atoms with van der Waals surface area (Å²) in [5.41, 5.74) is 0.114. The second-order valence-corrected chi connectivity index (χ2v) is 11.2. The number of carbonyl (C=O) groups is 1. The maximum Gasteiger partial charge on any atom is 0.243 e. The zero-order valence-corrected chi connectivity index (χ0v) is 19.2. The zero-order valence-electron chi connectivity index (χ0n) is 16.8. The van der Waals surface area contributed by atoms with Crippen molar-refractivity contribution >= 4 is 43.2 Å². The maximum atomic E-state index is 12.6. The number of methoxy groups -OCH3 is 1. The summed E-state index contributed by atoms with van der Waals surface area (Å²) in [6.45, 7) is -0.495. The second kappa shape index (κ2) is 9.13. The van der Waals surface area contributed by atoms with Gasteiger partial charge < -0.3 is 10.1 Å². The lowest BCUT2D eigenvalue weighted by molar-refractivity contribution is -0.116. The molecule has 0 saturated heterocycles. The molecule has 9 nitrogen and oxygen atoms in total. The minimum absolute atomic E-state index is 0.0102. The Labute approximate surface area is 186 Å². The Morgan fingerprint density at radius 1 is 1.10 bits per heavy atom. The van der Waals surface area contributed by atoms with Crippen LogP contribution in [0.2, 0.25) is 5.02 Å². The number of sulfonamides is 2. The first-order valence-corrected chi connectivity index (χ1v) is 12.5. The molecule has 0 unspecified atom stereocenters. The summed E-state index contributed by atoms with van der Waals surface area (Å²) in [6.07, 6.45) is 1.57. The molecule has 2 N–H and O–H groups in total. The number of carbonyl (C=O) groups excluding carboxylic acids is 1. The van der Waals surface area contributed by atoms with E-state index in [1.165, 1.54) is 56.6 Å². The average Bonchev–Trinajstić information content (AvgIpc) is 3.51. The molecule has 0 bridgehead atoms. The highest BCUT2D eigenvalue weighted by molar-refractivity contribution is 7.89. The summed E-state index contributed by atoms with van der Waals surface area (Å²) in [5, 5.41) is 2.91. The minimum Gasteiger partial charge on any atom is -0.495 e. The molecule has 0 atom stereocenters. The molecule has 1 aliphatic carbocycles. The number of ether oxygens (including phenoxy) is 1. The minimum atomic E-state index is -3.92. The molecule has 0 aromatic heterocycles. The number of likely N-dealkylation sites (N-methyl/N-ethyl adjacent to an activating group) is 1. The van der Waals surface area contributed by atoms with Crippen LogP contribution in [0.25, 0.3) is 0 Å². The van der Waals surface area contributed by atoms with Gasteiger partial charge in [-0.1, -0.05) is 11.6 Å². The highest BCUT2D eigenvalue weighted by Crippen LogP contribution is 2.29. The van der Waals surface area contributed by atoms with Gasteiger partial charge in [-0.05, 0) is 55.3 Å². The van der Waals surface area contributed by atoms with E-state index < -0.39 is 32.5 Å². The number of halogens is 1. The lowest BCUT2D eigenvalue weighted by Crippen LogP contribution is -2.35. The largest absolute Gasteiger partial charge is 0.495 e. The van der Waals surface area contributed by atoms with Crippen molar-refractivity contribution in [2.75, 3.05) is 26.0 Å². The van der Waals surface area contributed by atoms with E-state index in [4.69, 9.17) is 16.3 Å². The SMILES string of the molecule is COc1ccc(S(=O)(=O)NC2CC2)cc1NC(=O)CN(C)S(=O)(=O)c1ccc(Cl)cc1. The van der Waals surface area contributed by atoms with Crippen LogP contribution in [-0.2, 0) is 24.8 Å². The summed E-state index contributed by atoms with van der Waals surface area (Å²) < 4.78 is 58.8. The van der Waals surface area contributed by atoms with Crippen molar-refractivity contribution in [2.24, 2.45) is 0 Å². The van der Waals surface area contributed by atoms with Crippen molar-refractivity contribution in [1.29, 1.82) is 0 Å². The van der Waals surface area contributed by atoms with E-state index in [9.17, 15) is 21.6 Å². The molecule has 0 spiro atoms. The van der Waals surface area contributed by atoms with Gasteiger partial charge in [-0.3, -0.25) is 4.79 Å². The third-order valence-electron chi connectivity index (χ3n) is 4.54. The molecule has 168 valence electrons. The summed E-state index contributed by atoms with van der Waals surface area (Å²) >= 11 is 5.79. The molecule has 2 aromatic carbocycles. The van der Waals surface area contributed by atoms with Gasteiger partial charge in [0.15, 0.2) is 0 Å². The van der Waals surface area contributed by atoms with Crippen LogP contribution in [0.15, 0.2) is 52.3 Å². The molecule has 31 heavy (non-hydrogen) atoms. The summed E-state index contributed by atoms with van der Waals surface area (Å²) in [6, 6.07) is 9.56. The normalized spacial score (nSPS) is 14.5. The summed E-state index contributed by atoms with van der Waals surface area (Å²) in [7, 11) is -5.02. The Hall–Kier alpha value is -2.18. The molecule has 12 heteroatoms. The number of nitrogens with one attached hydrogen (secondary N) is 2. The topological polar surface area (TPSA) is 122 Å². The number of hydrogen-bond acceptors (Lipinski definition) is 6. The van der Waals surface area contributed by atoms with Gasteiger partial charge in [0.1, 0.15) is 5.75 Å². The standard InChI is InChI=1S/C19H22ClN3O6S2/c1-23(31(27,28)15-7-3-13(20)4-8-15)12-19(24)21-17-11-16(9-10-18(17)29-2)30(25,26)22-14-5-6-14/h3-4,7-11,14,22H,5-6,12H2,1-2H3,(H,21,24). The quantitative estimate of drug-likeness (QED) is 0.558. The summed E-state index contributed by atoms with van der Waals surface area (Å²) in [5.74, 6) is -0.426. The molecule has 0 heterocycles. The van der Waals surface area contributed by atoms with Crippen LogP contribution in [0, 0.1) is 0 Å². The molecule has 0 radical (unpaired) electrons. The van der Waals surface area contributed by atoms with Gasteiger partial charge in [0.25, 0.3) is 0 Å². The Morgan fingerprint density at radius 3 is 2.29 bits per heavy atom. The highest BCUT2D eigenvalue weighted by atomic mass is 35.5. The van der Waals surface area contributed by atoms with Crippen molar-refractivity contribution < 1.29 is 26.4 Å². The van der Waals surface area contributed by atoms with Crippen LogP contribution in [0.1, 0.15) is 12.8 Å². The van der Waals surface area contributed by atoms with Crippen molar-refractivity contribution in [3.05, 3.63) is 47.5 Å². The number of benzene rings is 2. The predicted octanol–water partition coefficient (Wildman–Crippen LogP) is 2.05. The molecule has 0 aliphatic heterocycles. The monoisotopic (exact) mass is 487 g/mol. The van der Waals surface area contributed by atoms with Crippen molar-refractivity contribution in [1.82, 2.24) is 9.03 Å². The Bertz CT molecular complexity index is 1180. The number of rotatable bonds is 9. The predicted molar refractivity (Wildman–Crippen MR) is 116 cm³/mol. The summed E-state index contributed by atoms with van der Waals surface area (Å²) in [4.78, 5) is 12.5. The van der Waals surface area contributed by atoms with Gasteiger partial charge in [0.05, 0.1) is 29.1 Å². The van der Waals surface area contributed by atoms with Crippen LogP contribution in [0.3, 0.4) is 0 Å². The Balaban J connectivity index is 1.75. The average molecular weight is 488 g/mol. The zero-order chi connectivity index (χ0) is 22.8. The van der Waals surface area contributed by atoms with E-state index in [0.29, 0.717) is 5.02 Å². The first-order chi connectivity index (χ1) is 14.5. The van der Waals surface area contributed by atoms with E-state index in [1.54, 1.807) is 0 Å². The maximum absolute atomic E-state index is 12.6. The van der Waals surface area contributed by atoms with Gasteiger partial charge in [0, 0.05) is 18.1 Å². The van der Waals surface area contributed by atoms with Gasteiger partial charge in [0.2, 0.25) is 26.0 Å². The fraction of sp³-hybridized carbons (Fsp3) is 0.316. The molecular formula is C19H22ClN3O6S2. The molecule has 1 saturated carbocycles. The van der Waals surface area contributed by atoms with E-state index in [1.807, 2.05) is 0 Å². The van der Waals surface area contributed by atoms with Crippen molar-refractivity contribution in [3.63, 3.8) is 0 Å². The first-order valence-electron chi connectivity index (χ1n) is 9.25. The Morgan fingerprint density at radius 2 is 1.71 bits per heavy atom. The molecule has 1 amide bonds. The van der Waals surface area contributed by atoms with Crippen LogP contribution < -0.4 is 14.8 Å². The van der Waals surface area contributed by atoms with Crippen molar-refractivity contribution in [3.8, 4) is 5.75 Å². The second-order valence-electron chi connectivity index (χ2n) is 7.02. The number of nitrogens with zero attached hydrogens (tertiary/aromatic N) is 1. The van der Waals surface area contributed by atoms with E-state index in [2.05, 4.69) is 10.0 Å². The number of amides is 1. The van der Waals surface area contributed by atoms with Crippen LogP contribution in [0.4, 0.5) is 5.69 Å². The lowest BCUT2D eigenvalue weighted by atomic mass is 10.3. The van der Waals surface area contributed by atoms with E-state index in [0.717, 1.165) is 17.1 Å². The Kier molecular flexibility index (Phi) is 6.92. The highest BCUT2D eigenvalue weighted by Gasteiger charge is 2.29. The first kappa shape index (κ1) is 23.5. The molecule has 1 aliphatic rings. The van der Waals surface area contributed by atoms with E-state index in [-0.39, 0.29) is 27.3 Å². The van der Waals surface area contributed by atoms with Gasteiger partial charge >= 0.3 is 0 Å². The molecule has 2 aromatic rings. The van der Waals surface area contributed by atoms with Gasteiger partial charge in [-0.2, -0.15) is 4.31 Å². The molecule has 1 fully saturated rings. The van der Waals surface area contributed by atoms with Gasteiger partial charge in [-0.15, -0.1) is 0 Å². The lowest BCUT2D eigenvalue weighted by Gasteiger charge is -2.18. The fourth-order valence-corrected chi connectivity index (χ4v) is 5.29. The van der Waals surface area contributed by atoms with Gasteiger partial charge in [-0.25, -0.2) is 21.6 Å².